The van der Waals surface area contributed by atoms with Crippen LogP contribution in [0.2, 0.25) is 0 Å². The molecule has 0 unspecified atom stereocenters. The number of nitrogens with one attached hydrogen (secondary N) is 2. The van der Waals surface area contributed by atoms with E-state index < -0.39 is 0 Å². The van der Waals surface area contributed by atoms with E-state index >= 15 is 0 Å². The summed E-state index contributed by atoms with van der Waals surface area (Å²) in [4.78, 5) is 11.7. The van der Waals surface area contributed by atoms with Gasteiger partial charge in [-0.15, -0.1) is 5.10 Å². The monoisotopic (exact) mass is 274 g/mol. The van der Waals surface area contributed by atoms with Crippen LogP contribution in [0.4, 0.5) is 10.5 Å². The van der Waals surface area contributed by atoms with E-state index in [4.69, 9.17) is 0 Å². The molecular weight excluding hydrogens is 256 g/mol. The minimum absolute atomic E-state index is 0.202. The Kier molecular flexibility index (Phi) is 4.65. The second kappa shape index (κ2) is 6.65. The molecule has 0 bridgehead atoms. The maximum Gasteiger partial charge on any atom is 0.319 e. The topological polar surface area (TPSA) is 84.7 Å². The van der Waals surface area contributed by atoms with Gasteiger partial charge in [0.25, 0.3) is 0 Å². The van der Waals surface area contributed by atoms with E-state index in [1.165, 1.54) is 0 Å². The Morgan fingerprint density at radius 1 is 1.40 bits per heavy atom. The predicted octanol–water partition coefficient (Wildman–Crippen LogP) is 1.80. The fourth-order valence-corrected chi connectivity index (χ4v) is 1.76. The molecule has 1 aromatic heterocycles. The summed E-state index contributed by atoms with van der Waals surface area (Å²) in [5.74, 6) is 0.653. The fraction of sp³-hybridized carbons (Fsp3) is 0.385. The highest BCUT2D eigenvalue weighted by atomic mass is 16.2. The number of anilines is 1. The van der Waals surface area contributed by atoms with Crippen molar-refractivity contribution < 1.29 is 4.79 Å². The number of nitrogens with zero attached hydrogens (tertiary/aromatic N) is 4. The van der Waals surface area contributed by atoms with Crippen LogP contribution in [0.3, 0.4) is 0 Å². The molecule has 0 fully saturated rings. The van der Waals surface area contributed by atoms with Gasteiger partial charge in [0.1, 0.15) is 0 Å². The number of benzene rings is 1. The summed E-state index contributed by atoms with van der Waals surface area (Å²) in [6, 6.07) is 7.21. The highest BCUT2D eigenvalue weighted by molar-refractivity contribution is 5.89. The van der Waals surface area contributed by atoms with E-state index in [0.717, 1.165) is 18.4 Å². The molecule has 2 N–H and O–H groups in total. The SMILES string of the molecule is CCCCNC(=O)Nc1cccc(-c2nnnn2C)c1. The summed E-state index contributed by atoms with van der Waals surface area (Å²) >= 11 is 0. The molecule has 0 aliphatic heterocycles. The third-order valence-corrected chi connectivity index (χ3v) is 2.81. The van der Waals surface area contributed by atoms with Crippen LogP contribution in [0.1, 0.15) is 19.8 Å². The number of aromatic nitrogens is 4. The average Bonchev–Trinajstić information content (AvgIpc) is 2.85. The standard InChI is InChI=1S/C13H18N6O/c1-3-4-8-14-13(20)15-11-7-5-6-10(9-11)12-16-17-18-19(12)2/h5-7,9H,3-4,8H2,1-2H3,(H2,14,15,20). The summed E-state index contributed by atoms with van der Waals surface area (Å²) in [6.07, 6.45) is 2.02. The molecule has 0 radical (unpaired) electrons. The highest BCUT2D eigenvalue weighted by Gasteiger charge is 2.07. The summed E-state index contributed by atoms with van der Waals surface area (Å²) in [5.41, 5.74) is 1.56. The zero-order valence-corrected chi connectivity index (χ0v) is 11.6. The number of tetrazole rings is 1. The average molecular weight is 274 g/mol. The summed E-state index contributed by atoms with van der Waals surface area (Å²) in [7, 11) is 1.77. The summed E-state index contributed by atoms with van der Waals surface area (Å²) < 4.78 is 1.58. The molecular formula is C13H18N6O. The fourth-order valence-electron chi connectivity index (χ4n) is 1.76. The van der Waals surface area contributed by atoms with Crippen molar-refractivity contribution in [3.8, 4) is 11.4 Å². The Morgan fingerprint density at radius 2 is 2.25 bits per heavy atom. The van der Waals surface area contributed by atoms with Crippen LogP contribution in [0, 0.1) is 0 Å². The van der Waals surface area contributed by atoms with E-state index in [2.05, 4.69) is 33.1 Å². The molecule has 0 atom stereocenters. The Balaban J connectivity index is 2.03. The highest BCUT2D eigenvalue weighted by Crippen LogP contribution is 2.19. The molecule has 0 saturated heterocycles. The molecule has 1 aromatic carbocycles. The van der Waals surface area contributed by atoms with Crippen LogP contribution in [0.15, 0.2) is 24.3 Å². The van der Waals surface area contributed by atoms with Crippen LogP contribution < -0.4 is 10.6 Å². The van der Waals surface area contributed by atoms with E-state index in [-0.39, 0.29) is 6.03 Å². The number of amides is 2. The molecule has 0 saturated carbocycles. The first kappa shape index (κ1) is 14.0. The van der Waals surface area contributed by atoms with Gasteiger partial charge in [-0.1, -0.05) is 25.5 Å². The Morgan fingerprint density at radius 3 is 2.95 bits per heavy atom. The minimum Gasteiger partial charge on any atom is -0.338 e. The molecule has 2 amide bonds. The predicted molar refractivity (Wildman–Crippen MR) is 76.2 cm³/mol. The van der Waals surface area contributed by atoms with Gasteiger partial charge in [-0.3, -0.25) is 0 Å². The summed E-state index contributed by atoms with van der Waals surface area (Å²) in [5, 5.41) is 16.9. The lowest BCUT2D eigenvalue weighted by Gasteiger charge is -2.08. The quantitative estimate of drug-likeness (QED) is 0.814. The van der Waals surface area contributed by atoms with Gasteiger partial charge in [0.2, 0.25) is 0 Å². The maximum absolute atomic E-state index is 11.7. The third kappa shape index (κ3) is 3.53. The van der Waals surface area contributed by atoms with Gasteiger partial charge < -0.3 is 10.6 Å². The Labute approximate surface area is 117 Å². The molecule has 0 spiro atoms. The first-order valence-corrected chi connectivity index (χ1v) is 6.58. The molecule has 0 aliphatic carbocycles. The molecule has 20 heavy (non-hydrogen) atoms. The molecule has 2 aromatic rings. The number of hydrogen-bond donors (Lipinski definition) is 2. The molecule has 0 aliphatic rings. The van der Waals surface area contributed by atoms with E-state index in [1.807, 2.05) is 24.3 Å². The Hall–Kier alpha value is -2.44. The van der Waals surface area contributed by atoms with Crippen LogP contribution >= 0.6 is 0 Å². The van der Waals surface area contributed by atoms with Crippen LogP contribution in [-0.4, -0.2) is 32.8 Å². The number of urea groups is 1. The van der Waals surface area contributed by atoms with Gasteiger partial charge in [0.15, 0.2) is 5.82 Å². The second-order valence-electron chi connectivity index (χ2n) is 4.44. The first-order chi connectivity index (χ1) is 9.70. The lowest BCUT2D eigenvalue weighted by Crippen LogP contribution is -2.29. The number of hydrogen-bond acceptors (Lipinski definition) is 4. The first-order valence-electron chi connectivity index (χ1n) is 6.58. The van der Waals surface area contributed by atoms with Crippen LogP contribution in [0.25, 0.3) is 11.4 Å². The van der Waals surface area contributed by atoms with Gasteiger partial charge >= 0.3 is 6.03 Å². The summed E-state index contributed by atoms with van der Waals surface area (Å²) in [6.45, 7) is 2.76. The van der Waals surface area contributed by atoms with Gasteiger partial charge in [0, 0.05) is 24.8 Å². The van der Waals surface area contributed by atoms with Crippen LogP contribution in [-0.2, 0) is 7.05 Å². The number of unbranched alkanes of at least 4 members (excludes halogenated alkanes) is 1. The number of carbonyl (C=O) groups excluding carboxylic acids is 1. The molecule has 7 nitrogen and oxygen atoms in total. The third-order valence-electron chi connectivity index (χ3n) is 2.81. The second-order valence-corrected chi connectivity index (χ2v) is 4.44. The molecule has 7 heteroatoms. The van der Waals surface area contributed by atoms with Crippen molar-refractivity contribution in [2.24, 2.45) is 7.05 Å². The normalized spacial score (nSPS) is 10.3. The van der Waals surface area contributed by atoms with Gasteiger partial charge in [-0.2, -0.15) is 0 Å². The van der Waals surface area contributed by atoms with Crippen molar-refractivity contribution in [3.63, 3.8) is 0 Å². The van der Waals surface area contributed by atoms with Gasteiger partial charge in [-0.25, -0.2) is 9.48 Å². The van der Waals surface area contributed by atoms with Crippen molar-refractivity contribution in [3.05, 3.63) is 24.3 Å². The van der Waals surface area contributed by atoms with Crippen molar-refractivity contribution in [2.45, 2.75) is 19.8 Å². The van der Waals surface area contributed by atoms with Crippen molar-refractivity contribution in [1.29, 1.82) is 0 Å². The van der Waals surface area contributed by atoms with Crippen molar-refractivity contribution in [2.75, 3.05) is 11.9 Å². The molecule has 2 rings (SSSR count). The lowest BCUT2D eigenvalue weighted by atomic mass is 10.2. The largest absolute Gasteiger partial charge is 0.338 e. The minimum atomic E-state index is -0.202. The van der Waals surface area contributed by atoms with Crippen LogP contribution in [0.5, 0.6) is 0 Å². The number of aryl methyl sites for hydroxylation is 1. The van der Waals surface area contributed by atoms with Gasteiger partial charge in [0.05, 0.1) is 0 Å². The van der Waals surface area contributed by atoms with E-state index in [1.54, 1.807) is 11.7 Å². The maximum atomic E-state index is 11.7. The zero-order valence-electron chi connectivity index (χ0n) is 11.6. The Bertz CT molecular complexity index is 580. The van der Waals surface area contributed by atoms with Gasteiger partial charge in [-0.05, 0) is 29.0 Å². The number of rotatable bonds is 5. The van der Waals surface area contributed by atoms with Crippen molar-refractivity contribution >= 4 is 11.7 Å². The molecule has 106 valence electrons. The van der Waals surface area contributed by atoms with E-state index in [0.29, 0.717) is 18.1 Å². The van der Waals surface area contributed by atoms with Crippen molar-refractivity contribution in [1.82, 2.24) is 25.5 Å². The zero-order chi connectivity index (χ0) is 14.4. The van der Waals surface area contributed by atoms with E-state index in [9.17, 15) is 4.79 Å². The smallest absolute Gasteiger partial charge is 0.319 e. The lowest BCUT2D eigenvalue weighted by molar-refractivity contribution is 0.252. The number of carbonyl (C=O) groups is 1. The molecule has 1 heterocycles.